The van der Waals surface area contributed by atoms with Crippen molar-refractivity contribution in [1.29, 1.82) is 0 Å². The first-order valence-corrected chi connectivity index (χ1v) is 12.3. The van der Waals surface area contributed by atoms with E-state index in [9.17, 15) is 4.79 Å². The fraction of sp³-hybridized carbons (Fsp3) is 0.680. The number of rotatable bonds is 6. The lowest BCUT2D eigenvalue weighted by atomic mass is 9.73. The third-order valence-electron chi connectivity index (χ3n) is 7.28. The molecule has 0 bridgehead atoms. The van der Waals surface area contributed by atoms with Gasteiger partial charge in [-0.15, -0.1) is 24.0 Å². The van der Waals surface area contributed by atoms with Crippen LogP contribution in [0.4, 0.5) is 5.69 Å². The van der Waals surface area contributed by atoms with Gasteiger partial charge in [0.05, 0.1) is 13.2 Å². The lowest BCUT2D eigenvalue weighted by Gasteiger charge is -2.33. The number of hydrogen-bond acceptors (Lipinski definition) is 4. The summed E-state index contributed by atoms with van der Waals surface area (Å²) < 4.78 is 5.37. The molecular formula is C25H40IN5O2. The normalized spacial score (nSPS) is 21.0. The number of ether oxygens (including phenoxy) is 1. The molecule has 2 heterocycles. The van der Waals surface area contributed by atoms with Crippen molar-refractivity contribution in [3.8, 4) is 0 Å². The SMILES string of the molecule is CN=C(NCc1cccc(NC(=O)CCN2CCOCC2)c1)N1CCC2(CCCCC2)C1.I. The van der Waals surface area contributed by atoms with E-state index in [1.54, 1.807) is 0 Å². The largest absolute Gasteiger partial charge is 0.379 e. The summed E-state index contributed by atoms with van der Waals surface area (Å²) in [4.78, 5) is 21.7. The van der Waals surface area contributed by atoms with E-state index in [1.165, 1.54) is 38.5 Å². The maximum absolute atomic E-state index is 12.4. The second-order valence-electron chi connectivity index (χ2n) is 9.59. The zero-order chi connectivity index (χ0) is 22.2. The van der Waals surface area contributed by atoms with Gasteiger partial charge in [-0.2, -0.15) is 0 Å². The molecule has 0 radical (unpaired) electrons. The molecule has 3 fully saturated rings. The molecule has 0 aromatic heterocycles. The van der Waals surface area contributed by atoms with Gasteiger partial charge in [0.15, 0.2) is 5.96 Å². The number of aliphatic imine (C=N–C) groups is 1. The summed E-state index contributed by atoms with van der Waals surface area (Å²) in [6.07, 6.45) is 8.69. The average molecular weight is 570 g/mol. The number of nitrogens with zero attached hydrogens (tertiary/aromatic N) is 3. The van der Waals surface area contributed by atoms with E-state index >= 15 is 0 Å². The van der Waals surface area contributed by atoms with Crippen molar-refractivity contribution in [2.75, 3.05) is 58.3 Å². The highest BCUT2D eigenvalue weighted by atomic mass is 127. The van der Waals surface area contributed by atoms with Crippen LogP contribution in [0, 0.1) is 5.41 Å². The van der Waals surface area contributed by atoms with Gasteiger partial charge in [0.2, 0.25) is 5.91 Å². The molecular weight excluding hydrogens is 529 g/mol. The number of nitrogens with one attached hydrogen (secondary N) is 2. The fourth-order valence-corrected chi connectivity index (χ4v) is 5.41. The molecule has 33 heavy (non-hydrogen) atoms. The zero-order valence-electron chi connectivity index (χ0n) is 20.0. The quantitative estimate of drug-likeness (QED) is 0.311. The van der Waals surface area contributed by atoms with Crippen LogP contribution in [0.3, 0.4) is 0 Å². The van der Waals surface area contributed by atoms with Crippen molar-refractivity contribution < 1.29 is 9.53 Å². The van der Waals surface area contributed by atoms with Crippen LogP contribution in [-0.4, -0.2) is 74.7 Å². The van der Waals surface area contributed by atoms with Crippen LogP contribution in [0.15, 0.2) is 29.3 Å². The minimum atomic E-state index is 0. The molecule has 1 aromatic carbocycles. The third kappa shape index (κ3) is 7.55. The van der Waals surface area contributed by atoms with E-state index in [0.29, 0.717) is 18.4 Å². The van der Waals surface area contributed by atoms with Crippen LogP contribution in [0.2, 0.25) is 0 Å². The maximum Gasteiger partial charge on any atom is 0.225 e. The first-order chi connectivity index (χ1) is 15.7. The smallest absolute Gasteiger partial charge is 0.225 e. The molecule has 7 nitrogen and oxygen atoms in total. The Kier molecular flexibility index (Phi) is 10.2. The summed E-state index contributed by atoms with van der Waals surface area (Å²) in [5, 5.41) is 6.60. The molecule has 4 rings (SSSR count). The number of carbonyl (C=O) groups excluding carboxylic acids is 1. The summed E-state index contributed by atoms with van der Waals surface area (Å²) in [5.41, 5.74) is 2.51. The zero-order valence-corrected chi connectivity index (χ0v) is 22.3. The predicted octanol–water partition coefficient (Wildman–Crippen LogP) is 3.70. The lowest BCUT2D eigenvalue weighted by Crippen LogP contribution is -2.41. The van der Waals surface area contributed by atoms with Gasteiger partial charge in [-0.1, -0.05) is 31.4 Å². The summed E-state index contributed by atoms with van der Waals surface area (Å²) in [6, 6.07) is 8.11. The van der Waals surface area contributed by atoms with Gasteiger partial charge in [-0.05, 0) is 42.4 Å². The number of amides is 1. The number of hydrogen-bond donors (Lipinski definition) is 2. The molecule has 1 saturated carbocycles. The van der Waals surface area contributed by atoms with Gasteiger partial charge in [0.25, 0.3) is 0 Å². The highest BCUT2D eigenvalue weighted by Gasteiger charge is 2.39. The molecule has 0 atom stereocenters. The van der Waals surface area contributed by atoms with Crippen molar-refractivity contribution in [3.05, 3.63) is 29.8 Å². The molecule has 1 spiro atoms. The van der Waals surface area contributed by atoms with Crippen LogP contribution in [0.1, 0.15) is 50.5 Å². The minimum absolute atomic E-state index is 0. The van der Waals surface area contributed by atoms with Crippen molar-refractivity contribution >= 4 is 41.5 Å². The molecule has 2 aliphatic heterocycles. The Morgan fingerprint density at radius 1 is 1.12 bits per heavy atom. The third-order valence-corrected chi connectivity index (χ3v) is 7.28. The molecule has 8 heteroatoms. The number of halogens is 1. The van der Waals surface area contributed by atoms with E-state index in [1.807, 2.05) is 19.2 Å². The molecule has 2 N–H and O–H groups in total. The Hall–Kier alpha value is -1.39. The molecule has 1 aromatic rings. The standard InChI is InChI=1S/C25H39N5O2.HI/c1-26-24(30-13-11-25(20-30)9-3-2-4-10-25)27-19-21-6-5-7-22(18-21)28-23(31)8-12-29-14-16-32-17-15-29;/h5-7,18H,2-4,8-17,19-20H2,1H3,(H,26,27)(H,28,31);1H. The van der Waals surface area contributed by atoms with Crippen molar-refractivity contribution in [2.24, 2.45) is 10.4 Å². The topological polar surface area (TPSA) is 69.2 Å². The van der Waals surface area contributed by atoms with Gasteiger partial charge in [-0.25, -0.2) is 0 Å². The lowest BCUT2D eigenvalue weighted by molar-refractivity contribution is -0.116. The van der Waals surface area contributed by atoms with E-state index in [4.69, 9.17) is 4.74 Å². The molecule has 1 aliphatic carbocycles. The number of likely N-dealkylation sites (tertiary alicyclic amines) is 1. The second kappa shape index (κ2) is 12.9. The summed E-state index contributed by atoms with van der Waals surface area (Å²) >= 11 is 0. The van der Waals surface area contributed by atoms with Crippen LogP contribution in [-0.2, 0) is 16.1 Å². The average Bonchev–Trinajstić information content (AvgIpc) is 3.22. The highest BCUT2D eigenvalue weighted by molar-refractivity contribution is 14.0. The molecule has 184 valence electrons. The Balaban J connectivity index is 0.00000306. The van der Waals surface area contributed by atoms with E-state index < -0.39 is 0 Å². The Labute approximate surface area is 215 Å². The molecule has 2 saturated heterocycles. The Bertz CT molecular complexity index is 791. The van der Waals surface area contributed by atoms with Crippen molar-refractivity contribution in [1.82, 2.24) is 15.1 Å². The van der Waals surface area contributed by atoms with E-state index in [-0.39, 0.29) is 29.9 Å². The van der Waals surface area contributed by atoms with Gasteiger partial charge in [-0.3, -0.25) is 14.7 Å². The number of guanidine groups is 1. The van der Waals surface area contributed by atoms with Gasteiger partial charge in [0.1, 0.15) is 0 Å². The predicted molar refractivity (Wildman–Crippen MR) is 144 cm³/mol. The monoisotopic (exact) mass is 569 g/mol. The van der Waals surface area contributed by atoms with Crippen LogP contribution >= 0.6 is 24.0 Å². The molecule has 0 unspecified atom stereocenters. The van der Waals surface area contributed by atoms with Crippen LogP contribution in [0.5, 0.6) is 0 Å². The minimum Gasteiger partial charge on any atom is -0.379 e. The first kappa shape index (κ1) is 26.2. The van der Waals surface area contributed by atoms with Gasteiger partial charge < -0.3 is 20.3 Å². The fourth-order valence-electron chi connectivity index (χ4n) is 5.41. The van der Waals surface area contributed by atoms with Crippen LogP contribution in [0.25, 0.3) is 0 Å². The van der Waals surface area contributed by atoms with Crippen LogP contribution < -0.4 is 10.6 Å². The Morgan fingerprint density at radius 2 is 1.91 bits per heavy atom. The number of anilines is 1. The first-order valence-electron chi connectivity index (χ1n) is 12.3. The number of morpholine rings is 1. The number of carbonyl (C=O) groups is 1. The van der Waals surface area contributed by atoms with E-state index in [0.717, 1.165) is 63.1 Å². The molecule has 3 aliphatic rings. The van der Waals surface area contributed by atoms with Gasteiger partial charge >= 0.3 is 0 Å². The second-order valence-corrected chi connectivity index (χ2v) is 9.59. The molecule has 1 amide bonds. The van der Waals surface area contributed by atoms with E-state index in [2.05, 4.69) is 37.6 Å². The maximum atomic E-state index is 12.4. The van der Waals surface area contributed by atoms with Gasteiger partial charge in [0, 0.05) is 58.4 Å². The highest BCUT2D eigenvalue weighted by Crippen LogP contribution is 2.43. The Morgan fingerprint density at radius 3 is 2.67 bits per heavy atom. The summed E-state index contributed by atoms with van der Waals surface area (Å²) in [5.74, 6) is 1.06. The summed E-state index contributed by atoms with van der Waals surface area (Å²) in [6.45, 7) is 7.06. The van der Waals surface area contributed by atoms with Crippen molar-refractivity contribution in [3.63, 3.8) is 0 Å². The number of benzene rings is 1. The van der Waals surface area contributed by atoms with Crippen molar-refractivity contribution in [2.45, 2.75) is 51.5 Å². The summed E-state index contributed by atoms with van der Waals surface area (Å²) in [7, 11) is 1.87.